The third kappa shape index (κ3) is 5.74. The van der Waals surface area contributed by atoms with Gasteiger partial charge < -0.3 is 14.2 Å². The van der Waals surface area contributed by atoms with Gasteiger partial charge in [0.1, 0.15) is 17.2 Å². The quantitative estimate of drug-likeness (QED) is 0.226. The third-order valence-electron chi connectivity index (χ3n) is 4.63. The number of para-hydroxylation sites is 1. The normalized spacial score (nSPS) is 10.8. The Morgan fingerprint density at radius 3 is 2.45 bits per heavy atom. The Balaban J connectivity index is 1.65. The number of hydrogen-bond donors (Lipinski definition) is 0. The van der Waals surface area contributed by atoms with E-state index in [1.807, 2.05) is 56.3 Å². The lowest BCUT2D eigenvalue weighted by molar-refractivity contribution is -0.136. The molecule has 0 aromatic heterocycles. The van der Waals surface area contributed by atoms with Gasteiger partial charge in [-0.25, -0.2) is 4.79 Å². The van der Waals surface area contributed by atoms with Crippen LogP contribution in [0.25, 0.3) is 11.6 Å². The molecule has 0 aliphatic rings. The number of carbonyl (C=O) groups excluding carboxylic acids is 1. The predicted molar refractivity (Wildman–Crippen MR) is 120 cm³/mol. The van der Waals surface area contributed by atoms with Crippen molar-refractivity contribution < 1.29 is 19.0 Å². The molecule has 31 heavy (non-hydrogen) atoms. The largest absolute Gasteiger partial charge is 0.496 e. The zero-order chi connectivity index (χ0) is 22.2. The third-order valence-corrected chi connectivity index (χ3v) is 4.63. The van der Waals surface area contributed by atoms with Gasteiger partial charge in [0.05, 0.1) is 18.8 Å². The number of allylic oxidation sites excluding steroid dienone is 1. The number of carbonyl (C=O) groups is 1. The first-order valence-electron chi connectivity index (χ1n) is 9.76. The van der Waals surface area contributed by atoms with Crippen molar-refractivity contribution in [2.24, 2.45) is 0 Å². The van der Waals surface area contributed by atoms with Gasteiger partial charge in [0.2, 0.25) is 0 Å². The number of nitriles is 1. The fourth-order valence-electron chi connectivity index (χ4n) is 3.00. The minimum absolute atomic E-state index is 0.182. The molecule has 0 saturated carbocycles. The summed E-state index contributed by atoms with van der Waals surface area (Å²) in [5.74, 6) is 1.21. The van der Waals surface area contributed by atoms with E-state index in [0.29, 0.717) is 28.4 Å². The summed E-state index contributed by atoms with van der Waals surface area (Å²) in [7, 11) is 1.57. The van der Waals surface area contributed by atoms with Crippen LogP contribution in [0.2, 0.25) is 0 Å². The smallest absolute Gasteiger partial charge is 0.349 e. The van der Waals surface area contributed by atoms with Crippen LogP contribution in [0.5, 0.6) is 17.2 Å². The number of nitrogens with zero attached hydrogens (tertiary/aromatic N) is 1. The topological polar surface area (TPSA) is 68.5 Å². The van der Waals surface area contributed by atoms with Crippen molar-refractivity contribution in [2.75, 3.05) is 13.7 Å². The molecule has 5 heteroatoms. The zero-order valence-electron chi connectivity index (χ0n) is 17.7. The fraction of sp³-hybridized carbons (Fsp3) is 0.154. The van der Waals surface area contributed by atoms with Gasteiger partial charge in [0.15, 0.2) is 6.61 Å². The van der Waals surface area contributed by atoms with Crippen molar-refractivity contribution in [3.63, 3.8) is 0 Å². The molecule has 0 aliphatic carbocycles. The van der Waals surface area contributed by atoms with Crippen LogP contribution in [0, 0.1) is 25.2 Å². The van der Waals surface area contributed by atoms with Crippen molar-refractivity contribution in [2.45, 2.75) is 13.8 Å². The number of benzene rings is 3. The molecule has 156 valence electrons. The molecule has 0 unspecified atom stereocenters. The molecule has 3 aromatic carbocycles. The molecule has 0 fully saturated rings. The van der Waals surface area contributed by atoms with Crippen molar-refractivity contribution in [3.8, 4) is 23.3 Å². The van der Waals surface area contributed by atoms with Crippen molar-refractivity contribution >= 4 is 17.6 Å². The van der Waals surface area contributed by atoms with Gasteiger partial charge in [-0.1, -0.05) is 36.4 Å². The molecule has 3 aromatic rings. The highest BCUT2D eigenvalue weighted by atomic mass is 16.6. The molecular weight excluding hydrogens is 390 g/mol. The van der Waals surface area contributed by atoms with E-state index in [0.717, 1.165) is 16.7 Å². The molecule has 0 aliphatic heterocycles. The standard InChI is InChI=1S/C26H23NO4/c1-18-8-9-19(2)25(14-18)30-17-26(28)31-22-12-10-20(11-13-22)15-21(16-27)23-6-4-5-7-24(23)29-3/h4-15H,17H2,1-3H3/b21-15-. The average molecular weight is 413 g/mol. The first-order valence-corrected chi connectivity index (χ1v) is 9.76. The first kappa shape index (κ1) is 21.7. The van der Waals surface area contributed by atoms with E-state index in [4.69, 9.17) is 14.2 Å². The summed E-state index contributed by atoms with van der Waals surface area (Å²) in [5, 5.41) is 9.57. The maximum Gasteiger partial charge on any atom is 0.349 e. The minimum atomic E-state index is -0.490. The summed E-state index contributed by atoms with van der Waals surface area (Å²) in [6.45, 7) is 3.71. The van der Waals surface area contributed by atoms with Crippen LogP contribution < -0.4 is 14.2 Å². The molecule has 5 nitrogen and oxygen atoms in total. The monoisotopic (exact) mass is 413 g/mol. The van der Waals surface area contributed by atoms with Gasteiger partial charge in [-0.05, 0) is 66.9 Å². The lowest BCUT2D eigenvalue weighted by Gasteiger charge is -2.10. The molecular formula is C26H23NO4. The predicted octanol–water partition coefficient (Wildman–Crippen LogP) is 5.36. The molecule has 0 atom stereocenters. The number of rotatable bonds is 7. The van der Waals surface area contributed by atoms with E-state index in [-0.39, 0.29) is 6.61 Å². The number of aryl methyl sites for hydroxylation is 2. The Hall–Kier alpha value is -4.04. The lowest BCUT2D eigenvalue weighted by Crippen LogP contribution is -2.18. The van der Waals surface area contributed by atoms with Gasteiger partial charge in [0, 0.05) is 5.56 Å². The molecule has 0 amide bonds. The Kier molecular flexibility index (Phi) is 7.08. The van der Waals surface area contributed by atoms with Gasteiger partial charge in [-0.15, -0.1) is 0 Å². The summed E-state index contributed by atoms with van der Waals surface area (Å²) in [4.78, 5) is 12.1. The second-order valence-electron chi connectivity index (χ2n) is 6.97. The van der Waals surface area contributed by atoms with Gasteiger partial charge in [0.25, 0.3) is 0 Å². The maximum atomic E-state index is 12.1. The highest BCUT2D eigenvalue weighted by molar-refractivity contribution is 5.91. The Morgan fingerprint density at radius 1 is 1.00 bits per heavy atom. The number of methoxy groups -OCH3 is 1. The molecule has 0 spiro atoms. The van der Waals surface area contributed by atoms with Crippen LogP contribution in [0.1, 0.15) is 22.3 Å². The van der Waals surface area contributed by atoms with Gasteiger partial charge >= 0.3 is 5.97 Å². The SMILES string of the molecule is COc1ccccc1/C(C#N)=C\c1ccc(OC(=O)COc2cc(C)ccc2C)cc1. The van der Waals surface area contributed by atoms with E-state index in [9.17, 15) is 10.1 Å². The Bertz CT molecular complexity index is 1140. The van der Waals surface area contributed by atoms with E-state index in [1.165, 1.54) is 0 Å². The molecule has 0 saturated heterocycles. The van der Waals surface area contributed by atoms with E-state index in [1.54, 1.807) is 37.5 Å². The molecule has 0 bridgehead atoms. The Labute approximate surface area is 182 Å². The molecule has 0 radical (unpaired) electrons. The fourth-order valence-corrected chi connectivity index (χ4v) is 3.00. The number of hydrogen-bond acceptors (Lipinski definition) is 5. The zero-order valence-corrected chi connectivity index (χ0v) is 17.7. The molecule has 0 heterocycles. The van der Waals surface area contributed by atoms with Crippen molar-refractivity contribution in [3.05, 3.63) is 89.0 Å². The van der Waals surface area contributed by atoms with E-state index < -0.39 is 5.97 Å². The Morgan fingerprint density at radius 2 is 1.74 bits per heavy atom. The second-order valence-corrected chi connectivity index (χ2v) is 6.97. The number of ether oxygens (including phenoxy) is 3. The van der Waals surface area contributed by atoms with Crippen LogP contribution in [0.15, 0.2) is 66.7 Å². The molecule has 0 N–H and O–H groups in total. The van der Waals surface area contributed by atoms with Crippen molar-refractivity contribution in [1.82, 2.24) is 0 Å². The van der Waals surface area contributed by atoms with Gasteiger partial charge in [-0.2, -0.15) is 5.26 Å². The van der Waals surface area contributed by atoms with E-state index in [2.05, 4.69) is 6.07 Å². The van der Waals surface area contributed by atoms with Crippen molar-refractivity contribution in [1.29, 1.82) is 5.26 Å². The van der Waals surface area contributed by atoms with Crippen LogP contribution in [0.3, 0.4) is 0 Å². The second kappa shape index (κ2) is 10.1. The lowest BCUT2D eigenvalue weighted by atomic mass is 10.0. The van der Waals surface area contributed by atoms with Crippen LogP contribution >= 0.6 is 0 Å². The summed E-state index contributed by atoms with van der Waals surface area (Å²) >= 11 is 0. The average Bonchev–Trinajstić information content (AvgIpc) is 2.79. The summed E-state index contributed by atoms with van der Waals surface area (Å²) in [6, 6.07) is 22.3. The van der Waals surface area contributed by atoms with Crippen LogP contribution in [0.4, 0.5) is 0 Å². The molecule has 3 rings (SSSR count). The van der Waals surface area contributed by atoms with E-state index >= 15 is 0 Å². The summed E-state index contributed by atoms with van der Waals surface area (Å²) < 4.78 is 16.3. The highest BCUT2D eigenvalue weighted by Crippen LogP contribution is 2.27. The maximum absolute atomic E-state index is 12.1. The number of esters is 1. The van der Waals surface area contributed by atoms with Gasteiger partial charge in [-0.3, -0.25) is 0 Å². The first-order chi connectivity index (χ1) is 15.0. The minimum Gasteiger partial charge on any atom is -0.496 e. The van der Waals surface area contributed by atoms with Crippen LogP contribution in [-0.4, -0.2) is 19.7 Å². The summed E-state index contributed by atoms with van der Waals surface area (Å²) in [5.41, 5.74) is 4.00. The summed E-state index contributed by atoms with van der Waals surface area (Å²) in [6.07, 6.45) is 1.76. The highest BCUT2D eigenvalue weighted by Gasteiger charge is 2.10. The van der Waals surface area contributed by atoms with Crippen LogP contribution in [-0.2, 0) is 4.79 Å².